The number of fused-ring (bicyclic) bond motifs is 1. The Bertz CT molecular complexity index is 841. The maximum absolute atomic E-state index is 13.6. The maximum Gasteiger partial charge on any atom is 0.174 e. The van der Waals surface area contributed by atoms with Gasteiger partial charge in [0, 0.05) is 31.6 Å². The van der Waals surface area contributed by atoms with Crippen molar-refractivity contribution >= 4 is 5.78 Å². The van der Waals surface area contributed by atoms with Crippen molar-refractivity contribution in [2.45, 2.75) is 39.2 Å². The zero-order valence-electron chi connectivity index (χ0n) is 16.0. The fourth-order valence-electron chi connectivity index (χ4n) is 4.66. The summed E-state index contributed by atoms with van der Waals surface area (Å²) in [6, 6.07) is 5.95. The average molecular weight is 353 g/mol. The molecule has 1 spiro atoms. The Hall–Kier alpha value is -2.14. The second-order valence-corrected chi connectivity index (χ2v) is 8.69. The number of ether oxygens (including phenoxy) is 1. The van der Waals surface area contributed by atoms with Crippen LogP contribution in [0.2, 0.25) is 0 Å². The number of nitrogens with one attached hydrogen (secondary N) is 1. The van der Waals surface area contributed by atoms with E-state index in [-0.39, 0.29) is 17.1 Å². The molecule has 2 aliphatic heterocycles. The predicted molar refractivity (Wildman–Crippen MR) is 101 cm³/mol. The number of carbonyl (C=O) groups is 1. The topological polar surface area (TPSA) is 56.2 Å². The molecule has 1 atom stereocenters. The number of hydrogen-bond acceptors (Lipinski definition) is 4. The number of hydrogen-bond donors (Lipinski definition) is 1. The van der Waals surface area contributed by atoms with Crippen molar-refractivity contribution in [2.75, 3.05) is 13.1 Å². The van der Waals surface area contributed by atoms with Crippen LogP contribution in [0.4, 0.5) is 0 Å². The molecule has 4 rings (SSSR count). The molecule has 5 heteroatoms. The molecule has 26 heavy (non-hydrogen) atoms. The first kappa shape index (κ1) is 17.3. The molecule has 1 aromatic heterocycles. The molecule has 2 aromatic rings. The summed E-state index contributed by atoms with van der Waals surface area (Å²) in [5, 5.41) is 7.64. The van der Waals surface area contributed by atoms with Crippen LogP contribution < -0.4 is 10.1 Å². The van der Waals surface area contributed by atoms with Gasteiger partial charge in [-0.25, -0.2) is 0 Å². The predicted octanol–water partition coefficient (Wildman–Crippen LogP) is 3.45. The summed E-state index contributed by atoms with van der Waals surface area (Å²) in [5.41, 5.74) is 2.16. The Kier molecular flexibility index (Phi) is 3.95. The molecule has 0 bridgehead atoms. The number of benzene rings is 1. The van der Waals surface area contributed by atoms with E-state index in [2.05, 4.69) is 31.2 Å². The van der Waals surface area contributed by atoms with Crippen molar-refractivity contribution in [3.63, 3.8) is 0 Å². The monoisotopic (exact) mass is 353 g/mol. The highest BCUT2D eigenvalue weighted by Crippen LogP contribution is 2.49. The Morgan fingerprint density at radius 2 is 1.96 bits per heavy atom. The van der Waals surface area contributed by atoms with Crippen LogP contribution in [0.25, 0.3) is 11.1 Å². The zero-order valence-corrected chi connectivity index (χ0v) is 16.0. The fraction of sp³-hybridized carbons (Fsp3) is 0.524. The van der Waals surface area contributed by atoms with Gasteiger partial charge in [-0.15, -0.1) is 0 Å². The molecule has 1 fully saturated rings. The zero-order chi connectivity index (χ0) is 18.5. The van der Waals surface area contributed by atoms with Gasteiger partial charge in [-0.2, -0.15) is 5.10 Å². The van der Waals surface area contributed by atoms with E-state index in [1.54, 1.807) is 4.68 Å². The van der Waals surface area contributed by atoms with E-state index in [4.69, 9.17) is 4.74 Å². The van der Waals surface area contributed by atoms with Crippen LogP contribution in [0.3, 0.4) is 0 Å². The van der Waals surface area contributed by atoms with Crippen LogP contribution in [-0.2, 0) is 7.05 Å². The second-order valence-electron chi connectivity index (χ2n) is 8.69. The van der Waals surface area contributed by atoms with Gasteiger partial charge in [-0.3, -0.25) is 9.48 Å². The van der Waals surface area contributed by atoms with Crippen LogP contribution in [0.1, 0.15) is 44.0 Å². The van der Waals surface area contributed by atoms with Gasteiger partial charge in [0.05, 0.1) is 17.7 Å². The van der Waals surface area contributed by atoms with Crippen molar-refractivity contribution in [1.82, 2.24) is 15.1 Å². The Morgan fingerprint density at radius 1 is 1.23 bits per heavy atom. The molecule has 1 saturated heterocycles. The van der Waals surface area contributed by atoms with E-state index >= 15 is 0 Å². The Morgan fingerprint density at radius 3 is 2.58 bits per heavy atom. The number of ketones is 1. The molecular weight excluding hydrogens is 326 g/mol. The van der Waals surface area contributed by atoms with Crippen molar-refractivity contribution in [3.8, 4) is 16.9 Å². The third kappa shape index (κ3) is 2.75. The molecule has 1 N–H and O–H groups in total. The van der Waals surface area contributed by atoms with E-state index in [9.17, 15) is 4.79 Å². The molecule has 0 aliphatic carbocycles. The third-order valence-corrected chi connectivity index (χ3v) is 5.70. The van der Waals surface area contributed by atoms with E-state index in [1.165, 1.54) is 0 Å². The summed E-state index contributed by atoms with van der Waals surface area (Å²) in [4.78, 5) is 13.6. The number of nitrogens with zero attached hydrogens (tertiary/aromatic N) is 2. The minimum absolute atomic E-state index is 0.145. The number of piperidine rings is 1. The van der Waals surface area contributed by atoms with Crippen molar-refractivity contribution in [3.05, 3.63) is 36.2 Å². The fourth-order valence-corrected chi connectivity index (χ4v) is 4.66. The molecule has 138 valence electrons. The van der Waals surface area contributed by atoms with Gasteiger partial charge in [0.25, 0.3) is 0 Å². The van der Waals surface area contributed by atoms with Crippen LogP contribution in [0, 0.1) is 11.3 Å². The maximum atomic E-state index is 13.6. The number of aromatic nitrogens is 2. The van der Waals surface area contributed by atoms with E-state index in [0.29, 0.717) is 5.56 Å². The third-order valence-electron chi connectivity index (χ3n) is 5.70. The number of rotatable bonds is 1. The van der Waals surface area contributed by atoms with Gasteiger partial charge >= 0.3 is 0 Å². The molecular formula is C21H27N3O2. The van der Waals surface area contributed by atoms with Gasteiger partial charge in [0.2, 0.25) is 0 Å². The van der Waals surface area contributed by atoms with E-state index < -0.39 is 5.60 Å². The lowest BCUT2D eigenvalue weighted by molar-refractivity contribution is -0.0548. The van der Waals surface area contributed by atoms with Gasteiger partial charge in [0.15, 0.2) is 5.78 Å². The Balaban J connectivity index is 1.81. The highest BCUT2D eigenvalue weighted by atomic mass is 16.5. The van der Waals surface area contributed by atoms with Crippen LogP contribution in [0.5, 0.6) is 5.75 Å². The summed E-state index contributed by atoms with van der Waals surface area (Å²) >= 11 is 0. The molecule has 2 aliphatic rings. The number of aryl methyl sites for hydroxylation is 1. The SMILES string of the molecule is Cn1cc(-c2ccc3c(c2)C(=O)C(C(C)(C)C)C2(CCNCC2)O3)cn1. The van der Waals surface area contributed by atoms with Gasteiger partial charge in [-0.05, 0) is 36.2 Å². The minimum Gasteiger partial charge on any atom is -0.486 e. The summed E-state index contributed by atoms with van der Waals surface area (Å²) in [6.45, 7) is 8.24. The van der Waals surface area contributed by atoms with E-state index in [0.717, 1.165) is 42.8 Å². The summed E-state index contributed by atoms with van der Waals surface area (Å²) in [5.74, 6) is 0.796. The lowest BCUT2D eigenvalue weighted by atomic mass is 9.63. The van der Waals surface area contributed by atoms with Gasteiger partial charge in [-0.1, -0.05) is 26.8 Å². The smallest absolute Gasteiger partial charge is 0.174 e. The first-order valence-electron chi connectivity index (χ1n) is 9.37. The largest absolute Gasteiger partial charge is 0.486 e. The molecule has 0 saturated carbocycles. The summed E-state index contributed by atoms with van der Waals surface area (Å²) in [6.07, 6.45) is 5.52. The number of Topliss-reactive ketones (excluding diaryl/α,β-unsaturated/α-hetero) is 1. The first-order valence-corrected chi connectivity index (χ1v) is 9.37. The van der Waals surface area contributed by atoms with Crippen LogP contribution in [0.15, 0.2) is 30.6 Å². The molecule has 0 amide bonds. The molecule has 1 aromatic carbocycles. The standard InChI is InChI=1S/C21H27N3O2/c1-20(2,3)19-18(25)16-11-14(15-12-23-24(4)13-15)5-6-17(16)26-21(19)7-9-22-10-8-21/h5-6,11-13,19,22H,7-10H2,1-4H3. The molecule has 5 nitrogen and oxygen atoms in total. The molecule has 0 radical (unpaired) electrons. The molecule has 1 unspecified atom stereocenters. The lowest BCUT2D eigenvalue weighted by Gasteiger charge is -2.50. The van der Waals surface area contributed by atoms with Crippen LogP contribution >= 0.6 is 0 Å². The lowest BCUT2D eigenvalue weighted by Crippen LogP contribution is -2.59. The van der Waals surface area contributed by atoms with Gasteiger partial charge in [0.1, 0.15) is 11.4 Å². The normalized spacial score (nSPS) is 22.2. The minimum atomic E-state index is -0.399. The average Bonchev–Trinajstić information content (AvgIpc) is 3.00. The van der Waals surface area contributed by atoms with Crippen molar-refractivity contribution in [1.29, 1.82) is 0 Å². The summed E-state index contributed by atoms with van der Waals surface area (Å²) < 4.78 is 8.36. The Labute approximate surface area is 154 Å². The summed E-state index contributed by atoms with van der Waals surface area (Å²) in [7, 11) is 1.90. The van der Waals surface area contributed by atoms with E-state index in [1.807, 2.05) is 37.6 Å². The van der Waals surface area contributed by atoms with Crippen LogP contribution in [-0.4, -0.2) is 34.3 Å². The number of carbonyl (C=O) groups excluding carboxylic acids is 1. The molecule has 3 heterocycles. The highest BCUT2D eigenvalue weighted by Gasteiger charge is 2.54. The van der Waals surface area contributed by atoms with Gasteiger partial charge < -0.3 is 10.1 Å². The highest BCUT2D eigenvalue weighted by molar-refractivity contribution is 6.03. The van der Waals surface area contributed by atoms with Crippen molar-refractivity contribution < 1.29 is 9.53 Å². The quantitative estimate of drug-likeness (QED) is 0.853. The first-order chi connectivity index (χ1) is 12.3. The second kappa shape index (κ2) is 5.95. The van der Waals surface area contributed by atoms with Crippen molar-refractivity contribution in [2.24, 2.45) is 18.4 Å².